The molecule has 0 aromatic heterocycles. The monoisotopic (exact) mass is 226 g/mol. The highest BCUT2D eigenvalue weighted by atomic mass is 35.5. The number of rotatable bonds is 1. The fourth-order valence-corrected chi connectivity index (χ4v) is 1.37. The number of halogens is 2. The Labute approximate surface area is 97.4 Å². The third-order valence-corrected chi connectivity index (χ3v) is 2.20. The Morgan fingerprint density at radius 2 is 1.93 bits per heavy atom. The molecule has 2 aromatic carbocycles. The molecule has 0 aliphatic carbocycles. The second-order valence-corrected chi connectivity index (χ2v) is 3.23. The molecule has 0 bridgehead atoms. The van der Waals surface area contributed by atoms with Gasteiger partial charge in [0.25, 0.3) is 0 Å². The van der Waals surface area contributed by atoms with Crippen LogP contribution in [0, 0.1) is 5.82 Å². The van der Waals surface area contributed by atoms with Crippen LogP contribution in [0.2, 0.25) is 5.02 Å². The van der Waals surface area contributed by atoms with Gasteiger partial charge in [0.1, 0.15) is 11.6 Å². The van der Waals surface area contributed by atoms with Gasteiger partial charge in [-0.1, -0.05) is 41.9 Å². The normalized spacial score (nSPS) is 14.0. The van der Waals surface area contributed by atoms with Gasteiger partial charge in [-0.15, -0.1) is 0 Å². The van der Waals surface area contributed by atoms with Crippen LogP contribution in [0.5, 0.6) is 5.75 Å². The molecule has 2 rings (SSSR count). The van der Waals surface area contributed by atoms with Gasteiger partial charge in [0, 0.05) is 11.1 Å². The first-order valence-electron chi connectivity index (χ1n) is 6.10. The summed E-state index contributed by atoms with van der Waals surface area (Å²) in [5, 5.41) is 9.78. The Kier molecular flexibility index (Phi) is 1.60. The number of benzene rings is 2. The van der Waals surface area contributed by atoms with E-state index in [1.54, 1.807) is 0 Å². The van der Waals surface area contributed by atoms with Crippen LogP contribution >= 0.6 is 11.6 Å². The summed E-state index contributed by atoms with van der Waals surface area (Å²) < 4.78 is 44.0. The first-order chi connectivity index (χ1) is 8.86. The summed E-state index contributed by atoms with van der Waals surface area (Å²) in [6.45, 7) is 0. The van der Waals surface area contributed by atoms with E-state index in [-0.39, 0.29) is 10.6 Å². The topological polar surface area (TPSA) is 20.2 Å². The zero-order valence-electron chi connectivity index (χ0n) is 11.4. The van der Waals surface area contributed by atoms with Crippen LogP contribution in [-0.2, 0) is 0 Å². The zero-order chi connectivity index (χ0) is 14.3. The highest BCUT2D eigenvalue weighted by molar-refractivity contribution is 6.32. The lowest BCUT2D eigenvalue weighted by molar-refractivity contribution is 0.477. The molecule has 0 heterocycles. The lowest BCUT2D eigenvalue weighted by atomic mass is 10.0. The predicted octanol–water partition coefficient (Wildman–Crippen LogP) is 3.85. The standard InChI is InChI=1S/C12H8ClFO/c13-10-6-3-5-9(12(10)15)8-4-1-2-7-11(8)14/h1-7,15H/i1D,2D,4D,7D. The summed E-state index contributed by atoms with van der Waals surface area (Å²) in [4.78, 5) is 0. The van der Waals surface area contributed by atoms with E-state index in [9.17, 15) is 9.50 Å². The van der Waals surface area contributed by atoms with Crippen LogP contribution < -0.4 is 0 Å². The second kappa shape index (κ2) is 3.91. The fraction of sp³-hybridized carbons (Fsp3) is 0. The molecule has 0 unspecified atom stereocenters. The molecular formula is C12H8ClFO. The Balaban J connectivity index is 2.87. The summed E-state index contributed by atoms with van der Waals surface area (Å²) in [6.07, 6.45) is 0. The molecule has 0 radical (unpaired) electrons. The van der Waals surface area contributed by atoms with E-state index in [1.807, 2.05) is 0 Å². The van der Waals surface area contributed by atoms with Crippen molar-refractivity contribution in [2.45, 2.75) is 0 Å². The lowest BCUT2D eigenvalue weighted by Crippen LogP contribution is -1.84. The van der Waals surface area contributed by atoms with Crippen LogP contribution in [0.25, 0.3) is 11.1 Å². The van der Waals surface area contributed by atoms with Crippen molar-refractivity contribution in [3.05, 3.63) is 53.2 Å². The molecule has 0 fully saturated rings. The van der Waals surface area contributed by atoms with Gasteiger partial charge in [-0.05, 0) is 12.1 Å². The molecule has 1 nitrogen and oxygen atoms in total. The van der Waals surface area contributed by atoms with Crippen LogP contribution in [0.1, 0.15) is 5.48 Å². The van der Waals surface area contributed by atoms with Gasteiger partial charge >= 0.3 is 0 Å². The SMILES string of the molecule is [2H]c1c([2H])c([2H])c(-c2cccc(Cl)c2O)c(F)c1[2H]. The van der Waals surface area contributed by atoms with Crippen LogP contribution in [0.15, 0.2) is 42.4 Å². The van der Waals surface area contributed by atoms with Gasteiger partial charge in [0.2, 0.25) is 0 Å². The van der Waals surface area contributed by atoms with Crippen molar-refractivity contribution < 1.29 is 15.0 Å². The minimum Gasteiger partial charge on any atom is -0.506 e. The van der Waals surface area contributed by atoms with E-state index < -0.39 is 41.3 Å². The van der Waals surface area contributed by atoms with E-state index in [1.165, 1.54) is 18.2 Å². The third-order valence-electron chi connectivity index (χ3n) is 1.90. The number of para-hydroxylation sites is 1. The van der Waals surface area contributed by atoms with Gasteiger partial charge in [-0.2, -0.15) is 0 Å². The number of hydrogen-bond donors (Lipinski definition) is 1. The smallest absolute Gasteiger partial charge is 0.142 e. The fourth-order valence-electron chi connectivity index (χ4n) is 1.20. The molecule has 0 aliphatic rings. The predicted molar refractivity (Wildman–Crippen MR) is 58.5 cm³/mol. The van der Waals surface area contributed by atoms with Crippen molar-refractivity contribution in [3.8, 4) is 16.9 Å². The number of hydrogen-bond acceptors (Lipinski definition) is 1. The molecule has 0 spiro atoms. The van der Waals surface area contributed by atoms with Gasteiger partial charge in [0.05, 0.1) is 10.5 Å². The molecule has 2 aromatic rings. The molecule has 1 N–H and O–H groups in total. The average molecular weight is 227 g/mol. The quantitative estimate of drug-likeness (QED) is 0.783. The van der Waals surface area contributed by atoms with E-state index in [4.69, 9.17) is 17.1 Å². The number of aromatic hydroxyl groups is 1. The van der Waals surface area contributed by atoms with Crippen LogP contribution in [-0.4, -0.2) is 5.11 Å². The Hall–Kier alpha value is -1.54. The van der Waals surface area contributed by atoms with Gasteiger partial charge in [0.15, 0.2) is 0 Å². The first kappa shape index (κ1) is 6.13. The summed E-state index contributed by atoms with van der Waals surface area (Å²) in [6, 6.07) is 1.61. The Morgan fingerprint density at radius 1 is 1.20 bits per heavy atom. The number of phenols is 1. The maximum absolute atomic E-state index is 14.0. The summed E-state index contributed by atoms with van der Waals surface area (Å²) >= 11 is 5.71. The highest BCUT2D eigenvalue weighted by Crippen LogP contribution is 2.35. The maximum Gasteiger partial charge on any atom is 0.142 e. The third kappa shape index (κ3) is 1.81. The maximum atomic E-state index is 14.0. The Bertz CT molecular complexity index is 646. The summed E-state index contributed by atoms with van der Waals surface area (Å²) in [5.74, 6) is -1.54. The van der Waals surface area contributed by atoms with Crippen molar-refractivity contribution in [3.63, 3.8) is 0 Å². The molecule has 76 valence electrons. The van der Waals surface area contributed by atoms with Crippen molar-refractivity contribution in [2.24, 2.45) is 0 Å². The van der Waals surface area contributed by atoms with Gasteiger partial charge < -0.3 is 5.11 Å². The lowest BCUT2D eigenvalue weighted by Gasteiger charge is -2.06. The molecular weight excluding hydrogens is 215 g/mol. The minimum absolute atomic E-state index is 0.0238. The van der Waals surface area contributed by atoms with E-state index in [2.05, 4.69) is 0 Å². The van der Waals surface area contributed by atoms with Crippen LogP contribution in [0.4, 0.5) is 4.39 Å². The van der Waals surface area contributed by atoms with Gasteiger partial charge in [-0.25, -0.2) is 4.39 Å². The molecule has 0 aliphatic heterocycles. The zero-order valence-corrected chi connectivity index (χ0v) is 8.19. The van der Waals surface area contributed by atoms with Crippen molar-refractivity contribution in [1.82, 2.24) is 0 Å². The summed E-state index contributed by atoms with van der Waals surface area (Å²) in [5.41, 5.74) is -0.469. The highest BCUT2D eigenvalue weighted by Gasteiger charge is 2.10. The average Bonchev–Trinajstić information content (AvgIpc) is 2.39. The molecule has 0 saturated carbocycles. The molecule has 0 amide bonds. The van der Waals surface area contributed by atoms with Crippen LogP contribution in [0.3, 0.4) is 0 Å². The second-order valence-electron chi connectivity index (χ2n) is 2.82. The molecule has 3 heteroatoms. The van der Waals surface area contributed by atoms with Crippen molar-refractivity contribution in [1.29, 1.82) is 0 Å². The minimum atomic E-state index is -1.12. The molecule has 0 saturated heterocycles. The first-order valence-corrected chi connectivity index (χ1v) is 4.47. The van der Waals surface area contributed by atoms with E-state index >= 15 is 0 Å². The molecule has 0 atom stereocenters. The van der Waals surface area contributed by atoms with Crippen molar-refractivity contribution >= 4 is 11.6 Å². The summed E-state index contributed by atoms with van der Waals surface area (Å²) in [7, 11) is 0. The van der Waals surface area contributed by atoms with Gasteiger partial charge in [-0.3, -0.25) is 0 Å². The molecule has 15 heavy (non-hydrogen) atoms. The number of phenolic OH excluding ortho intramolecular Hbond substituents is 1. The van der Waals surface area contributed by atoms with E-state index in [0.717, 1.165) is 0 Å². The van der Waals surface area contributed by atoms with E-state index in [0.29, 0.717) is 0 Å². The van der Waals surface area contributed by atoms with Crippen molar-refractivity contribution in [2.75, 3.05) is 0 Å². The Morgan fingerprint density at radius 3 is 2.73 bits per heavy atom. The largest absolute Gasteiger partial charge is 0.506 e.